The van der Waals surface area contributed by atoms with E-state index in [2.05, 4.69) is 4.74 Å². The summed E-state index contributed by atoms with van der Waals surface area (Å²) in [6, 6.07) is 13.0. The fourth-order valence-corrected chi connectivity index (χ4v) is 2.33. The van der Waals surface area contributed by atoms with Crippen molar-refractivity contribution in [1.29, 1.82) is 5.26 Å². The van der Waals surface area contributed by atoms with Crippen molar-refractivity contribution < 1.29 is 27.1 Å². The van der Waals surface area contributed by atoms with E-state index in [0.717, 1.165) is 12.1 Å². The number of rotatable bonds is 4. The lowest BCUT2D eigenvalue weighted by Gasteiger charge is -2.09. The van der Waals surface area contributed by atoms with Gasteiger partial charge in [0, 0.05) is 11.5 Å². The van der Waals surface area contributed by atoms with Gasteiger partial charge in [-0.05, 0) is 35.9 Å². The molecular formula is C18H10F3NO4. The molecule has 132 valence electrons. The van der Waals surface area contributed by atoms with E-state index in [9.17, 15) is 18.0 Å². The third-order valence-electron chi connectivity index (χ3n) is 3.41. The lowest BCUT2D eigenvalue weighted by atomic mass is 10.1. The lowest BCUT2D eigenvalue weighted by Crippen LogP contribution is -2.17. The van der Waals surface area contributed by atoms with Crippen LogP contribution in [0.1, 0.15) is 0 Å². The van der Waals surface area contributed by atoms with Crippen LogP contribution in [-0.2, 0) is 0 Å². The molecule has 3 aromatic rings. The maximum absolute atomic E-state index is 12.2. The number of fused-ring (bicyclic) bond motifs is 1. The number of ether oxygens (including phenoxy) is 2. The summed E-state index contributed by atoms with van der Waals surface area (Å²) in [6.07, 6.45) is -4.78. The van der Waals surface area contributed by atoms with Crippen LogP contribution in [0.5, 0.6) is 11.5 Å². The highest BCUT2D eigenvalue weighted by Crippen LogP contribution is 2.27. The summed E-state index contributed by atoms with van der Waals surface area (Å²) in [7, 11) is 0. The van der Waals surface area contributed by atoms with Gasteiger partial charge < -0.3 is 13.9 Å². The molecule has 0 N–H and O–H groups in total. The Bertz CT molecular complexity index is 1030. The Balaban J connectivity index is 1.94. The molecule has 3 rings (SSSR count). The minimum atomic E-state index is -4.78. The van der Waals surface area contributed by atoms with Gasteiger partial charge in [-0.3, -0.25) is 0 Å². The molecule has 0 bridgehead atoms. The summed E-state index contributed by atoms with van der Waals surface area (Å²) >= 11 is 0. The average molecular weight is 361 g/mol. The second kappa shape index (κ2) is 6.80. The van der Waals surface area contributed by atoms with Gasteiger partial charge in [-0.2, -0.15) is 5.26 Å². The monoisotopic (exact) mass is 361 g/mol. The Morgan fingerprint density at radius 3 is 2.38 bits per heavy atom. The van der Waals surface area contributed by atoms with Crippen LogP contribution >= 0.6 is 0 Å². The van der Waals surface area contributed by atoms with E-state index in [-0.39, 0.29) is 23.5 Å². The van der Waals surface area contributed by atoms with Crippen LogP contribution in [0.4, 0.5) is 13.2 Å². The van der Waals surface area contributed by atoms with Crippen LogP contribution in [0.2, 0.25) is 0 Å². The quantitative estimate of drug-likeness (QED) is 0.649. The van der Waals surface area contributed by atoms with Crippen molar-refractivity contribution in [2.45, 2.75) is 6.36 Å². The molecule has 1 aromatic heterocycles. The summed E-state index contributed by atoms with van der Waals surface area (Å²) in [5.74, 6) is -0.00527. The van der Waals surface area contributed by atoms with Gasteiger partial charge in [-0.15, -0.1) is 13.2 Å². The normalized spacial score (nSPS) is 11.2. The number of halogens is 3. The fourth-order valence-electron chi connectivity index (χ4n) is 2.33. The van der Waals surface area contributed by atoms with E-state index in [4.69, 9.17) is 14.4 Å². The van der Waals surface area contributed by atoms with Crippen molar-refractivity contribution in [1.82, 2.24) is 0 Å². The fraction of sp³-hybridized carbons (Fsp3) is 0.111. The SMILES string of the molecule is N#CCOc1ccc2cc(-c3ccc(OC(F)(F)F)cc3)c(=O)oc2c1. The van der Waals surface area contributed by atoms with Gasteiger partial charge in [-0.25, -0.2) is 4.79 Å². The van der Waals surface area contributed by atoms with Gasteiger partial charge in [0.2, 0.25) is 0 Å². The molecule has 0 aliphatic heterocycles. The van der Waals surface area contributed by atoms with Crippen LogP contribution in [0.3, 0.4) is 0 Å². The van der Waals surface area contributed by atoms with Gasteiger partial charge in [0.25, 0.3) is 0 Å². The Labute approximate surface area is 144 Å². The minimum Gasteiger partial charge on any atom is -0.479 e. The maximum atomic E-state index is 12.2. The van der Waals surface area contributed by atoms with E-state index in [1.165, 1.54) is 18.2 Å². The van der Waals surface area contributed by atoms with Gasteiger partial charge in [0.1, 0.15) is 23.2 Å². The van der Waals surface area contributed by atoms with E-state index < -0.39 is 12.0 Å². The zero-order chi connectivity index (χ0) is 18.7. The highest BCUT2D eigenvalue weighted by Gasteiger charge is 2.31. The van der Waals surface area contributed by atoms with Crippen LogP contribution in [0.15, 0.2) is 57.7 Å². The topological polar surface area (TPSA) is 72.5 Å². The maximum Gasteiger partial charge on any atom is 0.573 e. The second-order valence-corrected chi connectivity index (χ2v) is 5.17. The van der Waals surface area contributed by atoms with E-state index in [1.54, 1.807) is 18.2 Å². The number of hydrogen-bond donors (Lipinski definition) is 0. The van der Waals surface area contributed by atoms with Crippen LogP contribution in [0, 0.1) is 11.3 Å². The molecule has 0 atom stereocenters. The molecule has 0 saturated heterocycles. The van der Waals surface area contributed by atoms with E-state index in [0.29, 0.717) is 16.7 Å². The van der Waals surface area contributed by atoms with Crippen molar-refractivity contribution in [2.24, 2.45) is 0 Å². The standard InChI is InChI=1S/C18H10F3NO4/c19-18(20,21)26-13-4-1-11(2-5-13)15-9-12-3-6-14(24-8-7-22)10-16(12)25-17(15)23/h1-6,9-10H,8H2. The third kappa shape index (κ3) is 3.95. The van der Waals surface area contributed by atoms with Gasteiger partial charge in [-0.1, -0.05) is 12.1 Å². The lowest BCUT2D eigenvalue weighted by molar-refractivity contribution is -0.274. The molecule has 2 aromatic carbocycles. The second-order valence-electron chi connectivity index (χ2n) is 5.17. The predicted molar refractivity (Wildman–Crippen MR) is 85.7 cm³/mol. The highest BCUT2D eigenvalue weighted by atomic mass is 19.4. The van der Waals surface area contributed by atoms with Crippen molar-refractivity contribution in [3.05, 3.63) is 59.0 Å². The van der Waals surface area contributed by atoms with Gasteiger partial charge in [0.05, 0.1) is 5.56 Å². The first-order valence-corrected chi connectivity index (χ1v) is 7.29. The van der Waals surface area contributed by atoms with Crippen molar-refractivity contribution >= 4 is 11.0 Å². The first-order chi connectivity index (χ1) is 12.4. The molecule has 0 aliphatic carbocycles. The summed E-state index contributed by atoms with van der Waals surface area (Å²) in [5, 5.41) is 9.11. The molecule has 8 heteroatoms. The molecule has 1 heterocycles. The number of alkyl halides is 3. The molecule has 0 unspecified atom stereocenters. The van der Waals surface area contributed by atoms with Gasteiger partial charge >= 0.3 is 12.0 Å². The highest BCUT2D eigenvalue weighted by molar-refractivity contribution is 5.82. The molecule has 26 heavy (non-hydrogen) atoms. The largest absolute Gasteiger partial charge is 0.573 e. The minimum absolute atomic E-state index is 0.139. The summed E-state index contributed by atoms with van der Waals surface area (Å²) in [6.45, 7) is -0.139. The number of hydrogen-bond acceptors (Lipinski definition) is 5. The summed E-state index contributed by atoms with van der Waals surface area (Å²) in [4.78, 5) is 12.2. The molecule has 0 fully saturated rings. The summed E-state index contributed by atoms with van der Waals surface area (Å²) < 4.78 is 50.8. The molecule has 0 aliphatic rings. The Hall–Kier alpha value is -3.47. The smallest absolute Gasteiger partial charge is 0.479 e. The molecule has 0 saturated carbocycles. The van der Waals surface area contributed by atoms with Crippen molar-refractivity contribution in [3.8, 4) is 28.7 Å². The van der Waals surface area contributed by atoms with Crippen molar-refractivity contribution in [2.75, 3.05) is 6.61 Å². The molecule has 5 nitrogen and oxygen atoms in total. The van der Waals surface area contributed by atoms with E-state index >= 15 is 0 Å². The Morgan fingerprint density at radius 1 is 1.04 bits per heavy atom. The molecule has 0 radical (unpaired) electrons. The summed E-state index contributed by atoms with van der Waals surface area (Å²) in [5.41, 5.74) is 0.201. The Morgan fingerprint density at radius 2 is 1.73 bits per heavy atom. The number of nitriles is 1. The van der Waals surface area contributed by atoms with Crippen LogP contribution in [0.25, 0.3) is 22.1 Å². The molecule has 0 amide bonds. The van der Waals surface area contributed by atoms with Gasteiger partial charge in [0.15, 0.2) is 6.61 Å². The third-order valence-corrected chi connectivity index (χ3v) is 3.41. The number of benzene rings is 2. The first-order valence-electron chi connectivity index (χ1n) is 7.29. The molecular weight excluding hydrogens is 351 g/mol. The van der Waals surface area contributed by atoms with Crippen LogP contribution < -0.4 is 15.1 Å². The first kappa shape index (κ1) is 17.4. The molecule has 0 spiro atoms. The number of nitrogens with zero attached hydrogens (tertiary/aromatic N) is 1. The Kier molecular flexibility index (Phi) is 4.54. The van der Waals surface area contributed by atoms with Crippen LogP contribution in [-0.4, -0.2) is 13.0 Å². The zero-order valence-electron chi connectivity index (χ0n) is 13.0. The van der Waals surface area contributed by atoms with Crippen molar-refractivity contribution in [3.63, 3.8) is 0 Å². The zero-order valence-corrected chi connectivity index (χ0v) is 13.0. The average Bonchev–Trinajstić information content (AvgIpc) is 2.58. The predicted octanol–water partition coefficient (Wildman–Crippen LogP) is 4.26. The van der Waals surface area contributed by atoms with E-state index in [1.807, 2.05) is 6.07 Å².